The van der Waals surface area contributed by atoms with Crippen LogP contribution >= 0.6 is 34.8 Å². The number of benzene rings is 4. The lowest BCUT2D eigenvalue weighted by Crippen LogP contribution is -1.97. The Morgan fingerprint density at radius 1 is 0.433 bits per heavy atom. The van der Waals surface area contributed by atoms with Crippen molar-refractivity contribution >= 4 is 34.8 Å². The zero-order valence-corrected chi connectivity index (χ0v) is 18.2. The van der Waals surface area contributed by atoms with Gasteiger partial charge in [0, 0.05) is 15.1 Å². The molecule has 0 aromatic heterocycles. The van der Waals surface area contributed by atoms with Gasteiger partial charge in [-0.2, -0.15) is 0 Å². The third kappa shape index (κ3) is 2.20. The van der Waals surface area contributed by atoms with Crippen LogP contribution in [0.25, 0.3) is 33.4 Å². The molecule has 0 radical (unpaired) electrons. The Morgan fingerprint density at radius 2 is 0.733 bits per heavy atom. The average molecular weight is 446 g/mol. The van der Waals surface area contributed by atoms with Gasteiger partial charge in [-0.25, -0.2) is 0 Å². The lowest BCUT2D eigenvalue weighted by atomic mass is 9.86. The van der Waals surface area contributed by atoms with Crippen LogP contribution in [-0.2, 0) is 19.3 Å². The number of hydrogen-bond acceptors (Lipinski definition) is 0. The molecular weight excluding hydrogens is 431 g/mol. The van der Waals surface area contributed by atoms with E-state index in [0.29, 0.717) is 0 Å². The molecule has 30 heavy (non-hydrogen) atoms. The maximum absolute atomic E-state index is 6.43. The zero-order chi connectivity index (χ0) is 20.1. The summed E-state index contributed by atoms with van der Waals surface area (Å²) in [6.45, 7) is 0. The van der Waals surface area contributed by atoms with Crippen molar-refractivity contribution in [3.05, 3.63) is 103 Å². The Kier molecular flexibility index (Phi) is 3.44. The second kappa shape index (κ2) is 5.92. The van der Waals surface area contributed by atoms with Crippen LogP contribution in [0.1, 0.15) is 33.4 Å². The standard InChI is InChI=1S/C27H15Cl3/c28-16-4-1-13-7-22-25(19(13)10-16)23-8-14-2-5-18(30)12-21(14)27(23)24-9-15-3-6-17(29)11-20(15)26(22)24/h1-6,10-12H,7-9H2. The van der Waals surface area contributed by atoms with E-state index in [-0.39, 0.29) is 0 Å². The van der Waals surface area contributed by atoms with Gasteiger partial charge in [0.2, 0.25) is 0 Å². The summed E-state index contributed by atoms with van der Waals surface area (Å²) in [4.78, 5) is 0. The highest BCUT2D eigenvalue weighted by molar-refractivity contribution is 6.32. The van der Waals surface area contributed by atoms with E-state index in [9.17, 15) is 0 Å². The third-order valence-electron chi connectivity index (χ3n) is 6.94. The summed E-state index contributed by atoms with van der Waals surface area (Å²) in [6.07, 6.45) is 2.83. The summed E-state index contributed by atoms with van der Waals surface area (Å²) in [5.74, 6) is 0. The molecule has 0 nitrogen and oxygen atoms in total. The monoisotopic (exact) mass is 444 g/mol. The van der Waals surface area contributed by atoms with Crippen LogP contribution < -0.4 is 0 Å². The molecule has 0 bridgehead atoms. The molecule has 4 aromatic rings. The highest BCUT2D eigenvalue weighted by Gasteiger charge is 2.37. The normalized spacial score (nSPS) is 14.1. The second-order valence-corrected chi connectivity index (χ2v) is 9.80. The summed E-state index contributed by atoms with van der Waals surface area (Å²) < 4.78 is 0. The number of rotatable bonds is 0. The molecular formula is C27H15Cl3. The van der Waals surface area contributed by atoms with Crippen LogP contribution in [0.15, 0.2) is 54.6 Å². The quantitative estimate of drug-likeness (QED) is 0.220. The maximum atomic E-state index is 6.43. The van der Waals surface area contributed by atoms with Crippen molar-refractivity contribution in [1.82, 2.24) is 0 Å². The van der Waals surface area contributed by atoms with Crippen molar-refractivity contribution in [2.75, 3.05) is 0 Å². The first-order valence-electron chi connectivity index (χ1n) is 10.2. The molecule has 0 fully saturated rings. The Balaban J connectivity index is 1.64. The number of hydrogen-bond donors (Lipinski definition) is 0. The summed E-state index contributed by atoms with van der Waals surface area (Å²) >= 11 is 19.3. The number of halogens is 3. The molecule has 0 heterocycles. The van der Waals surface area contributed by atoms with Crippen molar-refractivity contribution in [2.45, 2.75) is 19.3 Å². The molecule has 3 aliphatic carbocycles. The fourth-order valence-electron chi connectivity index (χ4n) is 5.81. The Hall–Kier alpha value is -2.25. The van der Waals surface area contributed by atoms with Crippen LogP contribution in [0.2, 0.25) is 15.1 Å². The lowest BCUT2D eigenvalue weighted by molar-refractivity contribution is 1.21. The van der Waals surface area contributed by atoms with Crippen LogP contribution in [0, 0.1) is 0 Å². The van der Waals surface area contributed by atoms with Gasteiger partial charge in [0.15, 0.2) is 0 Å². The summed E-state index contributed by atoms with van der Waals surface area (Å²) in [7, 11) is 0. The molecule has 3 aliphatic rings. The van der Waals surface area contributed by atoms with Crippen LogP contribution in [-0.4, -0.2) is 0 Å². The first kappa shape index (κ1) is 17.4. The highest BCUT2D eigenvalue weighted by atomic mass is 35.5. The summed E-state index contributed by atoms with van der Waals surface area (Å²) in [5, 5.41) is 2.37. The van der Waals surface area contributed by atoms with Crippen molar-refractivity contribution in [2.24, 2.45) is 0 Å². The molecule has 144 valence electrons. The summed E-state index contributed by atoms with van der Waals surface area (Å²) in [5.41, 5.74) is 16.3. The van der Waals surface area contributed by atoms with Crippen molar-refractivity contribution in [3.8, 4) is 33.4 Å². The molecule has 0 N–H and O–H groups in total. The smallest absolute Gasteiger partial charge is 0.0412 e. The van der Waals surface area contributed by atoms with Crippen molar-refractivity contribution in [1.29, 1.82) is 0 Å². The van der Waals surface area contributed by atoms with E-state index in [0.717, 1.165) is 34.3 Å². The van der Waals surface area contributed by atoms with Crippen molar-refractivity contribution in [3.63, 3.8) is 0 Å². The Labute approximate surface area is 190 Å². The second-order valence-electron chi connectivity index (χ2n) is 8.50. The predicted octanol–water partition coefficient (Wildman–Crippen LogP) is 8.36. The van der Waals surface area contributed by atoms with E-state index in [1.54, 1.807) is 0 Å². The van der Waals surface area contributed by atoms with Crippen LogP contribution in [0.3, 0.4) is 0 Å². The Morgan fingerprint density at radius 3 is 1.03 bits per heavy atom. The average Bonchev–Trinajstić information content (AvgIpc) is 3.38. The predicted molar refractivity (Wildman–Crippen MR) is 126 cm³/mol. The van der Waals surface area contributed by atoms with Gasteiger partial charge in [0.25, 0.3) is 0 Å². The van der Waals surface area contributed by atoms with Gasteiger partial charge in [-0.1, -0.05) is 53.0 Å². The Bertz CT molecular complexity index is 1250. The van der Waals surface area contributed by atoms with Gasteiger partial charge < -0.3 is 0 Å². The lowest BCUT2D eigenvalue weighted by Gasteiger charge is -2.17. The molecule has 0 unspecified atom stereocenters. The molecule has 0 spiro atoms. The molecule has 4 aromatic carbocycles. The van der Waals surface area contributed by atoms with Gasteiger partial charge in [-0.15, -0.1) is 0 Å². The zero-order valence-electron chi connectivity index (χ0n) is 16.0. The first-order chi connectivity index (χ1) is 14.6. The highest BCUT2D eigenvalue weighted by Crippen LogP contribution is 2.57. The molecule has 0 aliphatic heterocycles. The van der Waals surface area contributed by atoms with Crippen LogP contribution in [0.4, 0.5) is 0 Å². The first-order valence-corrected chi connectivity index (χ1v) is 11.3. The third-order valence-corrected chi connectivity index (χ3v) is 7.64. The molecule has 0 saturated carbocycles. The van der Waals surface area contributed by atoms with E-state index in [2.05, 4.69) is 36.4 Å². The topological polar surface area (TPSA) is 0 Å². The van der Waals surface area contributed by atoms with Gasteiger partial charge in [-0.3, -0.25) is 0 Å². The largest absolute Gasteiger partial charge is 0.0843 e. The van der Waals surface area contributed by atoms with Crippen LogP contribution in [0.5, 0.6) is 0 Å². The summed E-state index contributed by atoms with van der Waals surface area (Å²) in [6, 6.07) is 19.0. The van der Waals surface area contributed by atoms with E-state index in [4.69, 9.17) is 34.8 Å². The number of fused-ring (bicyclic) bond motifs is 12. The minimum atomic E-state index is 0.790. The fourth-order valence-corrected chi connectivity index (χ4v) is 6.32. The maximum Gasteiger partial charge on any atom is 0.0412 e. The van der Waals surface area contributed by atoms with E-state index < -0.39 is 0 Å². The minimum absolute atomic E-state index is 0.790. The molecule has 0 atom stereocenters. The molecule has 3 heteroatoms. The van der Waals surface area contributed by atoms with Gasteiger partial charge >= 0.3 is 0 Å². The molecule has 0 saturated heterocycles. The molecule has 7 rings (SSSR count). The fraction of sp³-hybridized carbons (Fsp3) is 0.111. The van der Waals surface area contributed by atoms with Gasteiger partial charge in [-0.05, 0) is 122 Å². The van der Waals surface area contributed by atoms with E-state index >= 15 is 0 Å². The van der Waals surface area contributed by atoms with E-state index in [1.807, 2.05) is 18.2 Å². The van der Waals surface area contributed by atoms with Gasteiger partial charge in [0.05, 0.1) is 0 Å². The van der Waals surface area contributed by atoms with Crippen molar-refractivity contribution < 1.29 is 0 Å². The molecule has 0 amide bonds. The minimum Gasteiger partial charge on any atom is -0.0843 e. The van der Waals surface area contributed by atoms with E-state index in [1.165, 1.54) is 66.8 Å². The van der Waals surface area contributed by atoms with Gasteiger partial charge in [0.1, 0.15) is 0 Å². The SMILES string of the molecule is Clc1ccc2c(c1)-c1c(c3c(c4c1Cc1ccc(Cl)cc1-4)Cc1ccc(Cl)cc1-3)C2.